The Morgan fingerprint density at radius 1 is 0.962 bits per heavy atom. The third-order valence-corrected chi connectivity index (χ3v) is 3.58. The number of benzene rings is 2. The molecule has 0 atom stereocenters. The van der Waals surface area contributed by atoms with Crippen molar-refractivity contribution in [3.05, 3.63) is 54.4 Å². The summed E-state index contributed by atoms with van der Waals surface area (Å²) >= 11 is 0. The standard InChI is InChI=1S/C18H16F3N3O2/c1-25-12-6-8-13(9-7-12)26-11-10-22-16-14-4-2-3-5-15(14)23-17(24-16)18(19,20)21/h2-9H,10-11H2,1H3,(H,22,23,24). The highest BCUT2D eigenvalue weighted by Crippen LogP contribution is 2.30. The number of para-hydroxylation sites is 1. The second kappa shape index (κ2) is 7.47. The Morgan fingerprint density at radius 3 is 2.35 bits per heavy atom. The van der Waals surface area contributed by atoms with E-state index in [9.17, 15) is 13.2 Å². The molecule has 0 radical (unpaired) electrons. The van der Waals surface area contributed by atoms with Gasteiger partial charge in [-0.15, -0.1) is 0 Å². The monoisotopic (exact) mass is 363 g/mol. The molecule has 0 bridgehead atoms. The van der Waals surface area contributed by atoms with Gasteiger partial charge in [-0.1, -0.05) is 12.1 Å². The van der Waals surface area contributed by atoms with Crippen molar-refractivity contribution in [1.82, 2.24) is 9.97 Å². The molecule has 1 aromatic heterocycles. The van der Waals surface area contributed by atoms with Crippen molar-refractivity contribution in [3.8, 4) is 11.5 Å². The van der Waals surface area contributed by atoms with E-state index in [0.29, 0.717) is 16.9 Å². The Bertz CT molecular complexity index is 883. The van der Waals surface area contributed by atoms with Crippen molar-refractivity contribution < 1.29 is 22.6 Å². The lowest BCUT2D eigenvalue weighted by Crippen LogP contribution is -2.16. The first-order chi connectivity index (χ1) is 12.5. The molecule has 0 aliphatic rings. The van der Waals surface area contributed by atoms with Gasteiger partial charge in [0.25, 0.3) is 0 Å². The van der Waals surface area contributed by atoms with Crippen LogP contribution in [0.25, 0.3) is 10.9 Å². The van der Waals surface area contributed by atoms with Gasteiger partial charge >= 0.3 is 6.18 Å². The van der Waals surface area contributed by atoms with Gasteiger partial charge in [0.15, 0.2) is 0 Å². The summed E-state index contributed by atoms with van der Waals surface area (Å²) in [6.07, 6.45) is -4.61. The van der Waals surface area contributed by atoms with E-state index >= 15 is 0 Å². The van der Waals surface area contributed by atoms with Gasteiger partial charge in [-0.2, -0.15) is 13.2 Å². The molecular formula is C18H16F3N3O2. The van der Waals surface area contributed by atoms with Gasteiger partial charge in [0.05, 0.1) is 19.2 Å². The fourth-order valence-electron chi connectivity index (χ4n) is 2.35. The summed E-state index contributed by atoms with van der Waals surface area (Å²) in [5, 5.41) is 3.41. The fraction of sp³-hybridized carbons (Fsp3) is 0.222. The Hall–Kier alpha value is -3.03. The molecule has 0 saturated carbocycles. The van der Waals surface area contributed by atoms with E-state index in [1.807, 2.05) is 0 Å². The molecular weight excluding hydrogens is 347 g/mol. The number of hydrogen-bond donors (Lipinski definition) is 1. The van der Waals surface area contributed by atoms with Crippen LogP contribution in [0.1, 0.15) is 5.82 Å². The average molecular weight is 363 g/mol. The zero-order chi connectivity index (χ0) is 18.6. The molecule has 0 spiro atoms. The summed E-state index contributed by atoms with van der Waals surface area (Å²) in [6, 6.07) is 13.6. The summed E-state index contributed by atoms with van der Waals surface area (Å²) in [7, 11) is 1.57. The minimum absolute atomic E-state index is 0.126. The Kier molecular flexibility index (Phi) is 5.11. The third kappa shape index (κ3) is 4.14. The number of halogens is 3. The van der Waals surface area contributed by atoms with Crippen LogP contribution in [0.15, 0.2) is 48.5 Å². The summed E-state index contributed by atoms with van der Waals surface area (Å²) in [4.78, 5) is 7.20. The second-order valence-electron chi connectivity index (χ2n) is 5.36. The molecule has 1 N–H and O–H groups in total. The van der Waals surface area contributed by atoms with Crippen molar-refractivity contribution in [2.45, 2.75) is 6.18 Å². The van der Waals surface area contributed by atoms with Gasteiger partial charge in [-0.3, -0.25) is 0 Å². The quantitative estimate of drug-likeness (QED) is 0.667. The van der Waals surface area contributed by atoms with Crippen LogP contribution in [0.2, 0.25) is 0 Å². The minimum atomic E-state index is -4.61. The number of aromatic nitrogens is 2. The fourth-order valence-corrected chi connectivity index (χ4v) is 2.35. The lowest BCUT2D eigenvalue weighted by atomic mass is 10.2. The summed E-state index contributed by atoms with van der Waals surface area (Å²) in [5.74, 6) is 0.301. The first kappa shape index (κ1) is 17.8. The predicted octanol–water partition coefficient (Wildman–Crippen LogP) is 4.15. The number of ether oxygens (including phenoxy) is 2. The number of hydrogen-bond acceptors (Lipinski definition) is 5. The lowest BCUT2D eigenvalue weighted by Gasteiger charge is -2.13. The predicted molar refractivity (Wildman–Crippen MR) is 91.5 cm³/mol. The first-order valence-electron chi connectivity index (χ1n) is 7.82. The molecule has 2 aromatic carbocycles. The van der Waals surface area contributed by atoms with Crippen LogP contribution in [0.5, 0.6) is 11.5 Å². The van der Waals surface area contributed by atoms with Gasteiger partial charge in [0, 0.05) is 5.39 Å². The SMILES string of the molecule is COc1ccc(OCCNc2nc(C(F)(F)F)nc3ccccc23)cc1. The molecule has 0 fully saturated rings. The highest BCUT2D eigenvalue weighted by atomic mass is 19.4. The van der Waals surface area contributed by atoms with Crippen LogP contribution in [0, 0.1) is 0 Å². The van der Waals surface area contributed by atoms with Crippen molar-refractivity contribution in [3.63, 3.8) is 0 Å². The zero-order valence-electron chi connectivity index (χ0n) is 13.9. The molecule has 0 saturated heterocycles. The maximum Gasteiger partial charge on any atom is 0.451 e. The smallest absolute Gasteiger partial charge is 0.451 e. The van der Waals surface area contributed by atoms with Crippen molar-refractivity contribution in [1.29, 1.82) is 0 Å². The van der Waals surface area contributed by atoms with Gasteiger partial charge in [0.2, 0.25) is 5.82 Å². The number of rotatable bonds is 6. The van der Waals surface area contributed by atoms with Gasteiger partial charge in [-0.25, -0.2) is 9.97 Å². The second-order valence-corrected chi connectivity index (χ2v) is 5.36. The first-order valence-corrected chi connectivity index (χ1v) is 7.82. The van der Waals surface area contributed by atoms with Crippen LogP contribution in [-0.4, -0.2) is 30.2 Å². The molecule has 0 aliphatic heterocycles. The van der Waals surface area contributed by atoms with Crippen LogP contribution < -0.4 is 14.8 Å². The number of methoxy groups -OCH3 is 1. The zero-order valence-corrected chi connectivity index (χ0v) is 13.9. The summed E-state index contributed by atoms with van der Waals surface area (Å²) in [6.45, 7) is 0.538. The molecule has 8 heteroatoms. The Labute approximate surface area is 147 Å². The Balaban J connectivity index is 1.69. The van der Waals surface area contributed by atoms with Crippen LogP contribution in [0.3, 0.4) is 0 Å². The van der Waals surface area contributed by atoms with Crippen molar-refractivity contribution in [2.75, 3.05) is 25.6 Å². The number of nitrogens with one attached hydrogen (secondary N) is 1. The van der Waals surface area contributed by atoms with E-state index in [1.54, 1.807) is 49.6 Å². The number of anilines is 1. The van der Waals surface area contributed by atoms with Gasteiger partial charge < -0.3 is 14.8 Å². The van der Waals surface area contributed by atoms with Crippen LogP contribution in [-0.2, 0) is 6.18 Å². The number of fused-ring (bicyclic) bond motifs is 1. The summed E-state index contributed by atoms with van der Waals surface area (Å²) < 4.78 is 49.6. The van der Waals surface area contributed by atoms with Crippen molar-refractivity contribution >= 4 is 16.7 Å². The largest absolute Gasteiger partial charge is 0.497 e. The average Bonchev–Trinajstić information content (AvgIpc) is 2.64. The van der Waals surface area contributed by atoms with Crippen molar-refractivity contribution in [2.24, 2.45) is 0 Å². The molecule has 5 nitrogen and oxygen atoms in total. The third-order valence-electron chi connectivity index (χ3n) is 3.58. The normalized spacial score (nSPS) is 11.4. The van der Waals surface area contributed by atoms with Gasteiger partial charge in [-0.05, 0) is 36.4 Å². The lowest BCUT2D eigenvalue weighted by molar-refractivity contribution is -0.144. The minimum Gasteiger partial charge on any atom is -0.497 e. The Morgan fingerprint density at radius 2 is 1.65 bits per heavy atom. The molecule has 0 aliphatic carbocycles. The van der Waals surface area contributed by atoms with E-state index in [-0.39, 0.29) is 24.5 Å². The van der Waals surface area contributed by atoms with E-state index in [2.05, 4.69) is 15.3 Å². The highest BCUT2D eigenvalue weighted by molar-refractivity contribution is 5.89. The van der Waals surface area contributed by atoms with E-state index in [4.69, 9.17) is 9.47 Å². The molecule has 0 unspecified atom stereocenters. The van der Waals surface area contributed by atoms with E-state index in [1.165, 1.54) is 6.07 Å². The maximum absolute atomic E-state index is 13.0. The molecule has 26 heavy (non-hydrogen) atoms. The molecule has 3 rings (SSSR count). The van der Waals surface area contributed by atoms with E-state index in [0.717, 1.165) is 0 Å². The molecule has 1 heterocycles. The molecule has 0 amide bonds. The van der Waals surface area contributed by atoms with Gasteiger partial charge in [0.1, 0.15) is 23.9 Å². The summed E-state index contributed by atoms with van der Waals surface area (Å²) in [5.41, 5.74) is 0.230. The van der Waals surface area contributed by atoms with E-state index < -0.39 is 12.0 Å². The van der Waals surface area contributed by atoms with Crippen LogP contribution >= 0.6 is 0 Å². The molecule has 136 valence electrons. The topological polar surface area (TPSA) is 56.3 Å². The highest BCUT2D eigenvalue weighted by Gasteiger charge is 2.35. The van der Waals surface area contributed by atoms with Crippen LogP contribution in [0.4, 0.5) is 19.0 Å². The maximum atomic E-state index is 13.0. The molecule has 3 aromatic rings. The number of nitrogens with zero attached hydrogens (tertiary/aromatic N) is 2. The number of alkyl halides is 3.